The molecule has 0 aliphatic carbocycles. The van der Waals surface area contributed by atoms with E-state index in [-0.39, 0.29) is 0 Å². The zero-order chi connectivity index (χ0) is 9.84. The van der Waals surface area contributed by atoms with Crippen LogP contribution in [-0.4, -0.2) is 20.5 Å². The molecule has 6 heteroatoms. The van der Waals surface area contributed by atoms with Crippen LogP contribution in [0, 0.1) is 0 Å². The van der Waals surface area contributed by atoms with Gasteiger partial charge in [-0.05, 0) is 4.48 Å². The van der Waals surface area contributed by atoms with Gasteiger partial charge in [-0.25, -0.2) is 0 Å². The predicted octanol–water partition coefficient (Wildman–Crippen LogP) is 1.27. The zero-order valence-corrected chi connectivity index (χ0v) is 9.73. The number of aromatic nitrogens is 3. The summed E-state index contributed by atoms with van der Waals surface area (Å²) in [5, 5.41) is 8.79. The van der Waals surface area contributed by atoms with Crippen molar-refractivity contribution < 1.29 is 0 Å². The molecular formula is C7H11BrN4S. The molecule has 1 aromatic rings. The molecule has 0 saturated carbocycles. The molecule has 13 heavy (non-hydrogen) atoms. The van der Waals surface area contributed by atoms with Crippen LogP contribution in [0.4, 0.5) is 0 Å². The van der Waals surface area contributed by atoms with E-state index in [9.17, 15) is 0 Å². The highest BCUT2D eigenvalue weighted by Crippen LogP contribution is 2.19. The Morgan fingerprint density at radius 1 is 1.69 bits per heavy atom. The van der Waals surface area contributed by atoms with Crippen molar-refractivity contribution in [3.63, 3.8) is 0 Å². The van der Waals surface area contributed by atoms with Crippen LogP contribution in [0.3, 0.4) is 0 Å². The number of halogens is 1. The number of rotatable bonds is 4. The smallest absolute Gasteiger partial charge is 0.191 e. The van der Waals surface area contributed by atoms with Crippen molar-refractivity contribution in [1.82, 2.24) is 14.8 Å². The third-order valence-corrected chi connectivity index (χ3v) is 3.22. The lowest BCUT2D eigenvalue weighted by Crippen LogP contribution is -2.05. The van der Waals surface area contributed by atoms with Crippen LogP contribution in [0.15, 0.2) is 16.2 Å². The highest BCUT2D eigenvalue weighted by atomic mass is 79.9. The Morgan fingerprint density at radius 2 is 2.38 bits per heavy atom. The molecule has 4 nitrogen and oxygen atoms in total. The van der Waals surface area contributed by atoms with Crippen molar-refractivity contribution >= 4 is 27.7 Å². The number of thioether (sulfide) groups is 1. The fraction of sp³-hybridized carbons (Fsp3) is 0.429. The summed E-state index contributed by atoms with van der Waals surface area (Å²) in [5.41, 5.74) is 5.46. The highest BCUT2D eigenvalue weighted by molar-refractivity contribution is 9.11. The molecule has 0 unspecified atom stereocenters. The van der Waals surface area contributed by atoms with Crippen molar-refractivity contribution in [3.8, 4) is 0 Å². The Morgan fingerprint density at radius 3 is 2.85 bits per heavy atom. The lowest BCUT2D eigenvalue weighted by atomic mass is 10.6. The number of hydrogen-bond acceptors (Lipinski definition) is 4. The van der Waals surface area contributed by atoms with Crippen LogP contribution < -0.4 is 5.73 Å². The number of nitrogens with two attached hydrogens (primary N) is 1. The largest absolute Gasteiger partial charge is 0.324 e. The van der Waals surface area contributed by atoms with Crippen LogP contribution in [0.1, 0.15) is 5.82 Å². The second-order valence-corrected chi connectivity index (χ2v) is 4.53. The van der Waals surface area contributed by atoms with E-state index in [1.807, 2.05) is 11.6 Å². The van der Waals surface area contributed by atoms with E-state index in [0.29, 0.717) is 6.54 Å². The van der Waals surface area contributed by atoms with Gasteiger partial charge in [0, 0.05) is 12.8 Å². The van der Waals surface area contributed by atoms with Crippen molar-refractivity contribution in [1.29, 1.82) is 0 Å². The average Bonchev–Trinajstić information content (AvgIpc) is 2.43. The predicted molar refractivity (Wildman–Crippen MR) is 57.7 cm³/mol. The Labute approximate surface area is 89.7 Å². The van der Waals surface area contributed by atoms with Gasteiger partial charge < -0.3 is 10.3 Å². The van der Waals surface area contributed by atoms with E-state index in [2.05, 4.69) is 32.7 Å². The maximum absolute atomic E-state index is 5.46. The molecule has 0 aromatic carbocycles. The summed E-state index contributed by atoms with van der Waals surface area (Å²) in [6.45, 7) is 4.16. The summed E-state index contributed by atoms with van der Waals surface area (Å²) in [6, 6.07) is 0. The quantitative estimate of drug-likeness (QED) is 0.831. The van der Waals surface area contributed by atoms with Crippen LogP contribution in [-0.2, 0) is 13.6 Å². The van der Waals surface area contributed by atoms with Crippen LogP contribution >= 0.6 is 27.7 Å². The van der Waals surface area contributed by atoms with Crippen LogP contribution in [0.5, 0.6) is 0 Å². The fourth-order valence-corrected chi connectivity index (χ4v) is 1.82. The van der Waals surface area contributed by atoms with Crippen LogP contribution in [0.2, 0.25) is 0 Å². The monoisotopic (exact) mass is 262 g/mol. The van der Waals surface area contributed by atoms with Gasteiger partial charge in [0.2, 0.25) is 0 Å². The standard InChI is InChI=1S/C7H11BrN4S/c1-5(8)4-13-7-11-10-6(3-9)12(7)2/h1,3-4,9H2,2H3. The molecule has 1 aromatic heterocycles. The van der Waals surface area contributed by atoms with E-state index >= 15 is 0 Å². The average molecular weight is 263 g/mol. The molecule has 1 rings (SSSR count). The SMILES string of the molecule is C=C(Br)CSc1nnc(CN)n1C. The van der Waals surface area contributed by atoms with E-state index < -0.39 is 0 Å². The summed E-state index contributed by atoms with van der Waals surface area (Å²) >= 11 is 4.86. The minimum Gasteiger partial charge on any atom is -0.324 e. The molecule has 0 aliphatic heterocycles. The first-order valence-corrected chi connectivity index (χ1v) is 5.47. The first-order valence-electron chi connectivity index (χ1n) is 3.69. The molecule has 1 heterocycles. The van der Waals surface area contributed by atoms with Gasteiger partial charge in [-0.1, -0.05) is 34.3 Å². The van der Waals surface area contributed by atoms with Crippen molar-refractivity contribution in [2.45, 2.75) is 11.7 Å². The number of hydrogen-bond donors (Lipinski definition) is 1. The Hall–Kier alpha value is -0.330. The van der Waals surface area contributed by atoms with Crippen molar-refractivity contribution in [2.75, 3.05) is 5.75 Å². The molecule has 0 amide bonds. The van der Waals surface area contributed by atoms with E-state index in [0.717, 1.165) is 21.2 Å². The Kier molecular flexibility index (Phi) is 3.95. The summed E-state index contributed by atoms with van der Waals surface area (Å²) in [4.78, 5) is 0. The highest BCUT2D eigenvalue weighted by Gasteiger charge is 2.06. The molecular weight excluding hydrogens is 252 g/mol. The molecule has 0 saturated heterocycles. The van der Waals surface area contributed by atoms with E-state index in [1.165, 1.54) is 0 Å². The van der Waals surface area contributed by atoms with E-state index in [1.54, 1.807) is 11.8 Å². The molecule has 0 aliphatic rings. The summed E-state index contributed by atoms with van der Waals surface area (Å²) in [5.74, 6) is 1.58. The molecule has 0 bridgehead atoms. The second kappa shape index (κ2) is 4.78. The van der Waals surface area contributed by atoms with Gasteiger partial charge in [-0.3, -0.25) is 0 Å². The molecule has 0 radical (unpaired) electrons. The lowest BCUT2D eigenvalue weighted by Gasteiger charge is -2.00. The second-order valence-electron chi connectivity index (χ2n) is 2.47. The first-order chi connectivity index (χ1) is 6.15. The van der Waals surface area contributed by atoms with Gasteiger partial charge in [0.25, 0.3) is 0 Å². The van der Waals surface area contributed by atoms with Gasteiger partial charge in [0.1, 0.15) is 5.82 Å². The van der Waals surface area contributed by atoms with Gasteiger partial charge in [0.15, 0.2) is 5.16 Å². The minimum absolute atomic E-state index is 0.416. The van der Waals surface area contributed by atoms with E-state index in [4.69, 9.17) is 5.73 Å². The van der Waals surface area contributed by atoms with Gasteiger partial charge in [-0.15, -0.1) is 10.2 Å². The zero-order valence-electron chi connectivity index (χ0n) is 7.33. The first kappa shape index (κ1) is 10.7. The lowest BCUT2D eigenvalue weighted by molar-refractivity contribution is 0.735. The Bertz CT molecular complexity index is 309. The maximum atomic E-state index is 5.46. The van der Waals surface area contributed by atoms with Crippen molar-refractivity contribution in [3.05, 3.63) is 16.9 Å². The van der Waals surface area contributed by atoms with Crippen LogP contribution in [0.25, 0.3) is 0 Å². The maximum Gasteiger partial charge on any atom is 0.191 e. The topological polar surface area (TPSA) is 56.7 Å². The van der Waals surface area contributed by atoms with Gasteiger partial charge in [-0.2, -0.15) is 0 Å². The third kappa shape index (κ3) is 2.82. The summed E-state index contributed by atoms with van der Waals surface area (Å²) < 4.78 is 2.83. The molecule has 0 spiro atoms. The van der Waals surface area contributed by atoms with Gasteiger partial charge in [0.05, 0.1) is 6.54 Å². The molecule has 0 fully saturated rings. The third-order valence-electron chi connectivity index (χ3n) is 1.47. The Balaban J connectivity index is 2.67. The molecule has 2 N–H and O–H groups in total. The molecule has 0 atom stereocenters. The van der Waals surface area contributed by atoms with Gasteiger partial charge >= 0.3 is 0 Å². The minimum atomic E-state index is 0.416. The summed E-state index contributed by atoms with van der Waals surface area (Å²) in [7, 11) is 1.90. The normalized spacial score (nSPS) is 10.4. The number of nitrogens with zero attached hydrogens (tertiary/aromatic N) is 3. The fourth-order valence-electron chi connectivity index (χ4n) is 0.791. The molecule has 72 valence electrons. The van der Waals surface area contributed by atoms with Crippen molar-refractivity contribution in [2.24, 2.45) is 12.8 Å². The summed E-state index contributed by atoms with van der Waals surface area (Å²) in [6.07, 6.45) is 0.